The predicted octanol–water partition coefficient (Wildman–Crippen LogP) is 3.15. The van der Waals surface area contributed by atoms with Crippen molar-refractivity contribution in [3.8, 4) is 0 Å². The smallest absolute Gasteiger partial charge is 0.325 e. The van der Waals surface area contributed by atoms with Crippen molar-refractivity contribution in [3.05, 3.63) is 35.3 Å². The molecule has 1 amide bonds. The molecule has 0 aliphatic carbocycles. The van der Waals surface area contributed by atoms with E-state index < -0.39 is 5.97 Å². The van der Waals surface area contributed by atoms with Gasteiger partial charge in [-0.05, 0) is 39.7 Å². The standard InChI is InChI=1S/C20H26N6O3/c1-11(2)14-9-13(17-12(3)23-26(18(17)21-14)20(4,5)6)19(29)22-15-7-8-25(24-15)10-16(27)28/h7-9,11H,10H2,1-6H3,(H,27,28)(H,22,24,29). The molecule has 9 heteroatoms. The molecular formula is C20H26N6O3. The Hall–Kier alpha value is -3.23. The van der Waals surface area contributed by atoms with E-state index in [9.17, 15) is 9.59 Å². The quantitative estimate of drug-likeness (QED) is 0.682. The highest BCUT2D eigenvalue weighted by Gasteiger charge is 2.25. The molecule has 0 saturated carbocycles. The number of aryl methyl sites for hydroxylation is 1. The fourth-order valence-electron chi connectivity index (χ4n) is 3.09. The van der Waals surface area contributed by atoms with E-state index in [1.807, 2.05) is 46.2 Å². The van der Waals surface area contributed by atoms with Crippen molar-refractivity contribution in [2.24, 2.45) is 0 Å². The molecule has 154 valence electrons. The van der Waals surface area contributed by atoms with Crippen molar-refractivity contribution in [2.75, 3.05) is 5.32 Å². The predicted molar refractivity (Wildman–Crippen MR) is 109 cm³/mol. The number of carboxylic acids is 1. The Bertz CT molecular complexity index is 1090. The number of carboxylic acid groups (broad SMARTS) is 1. The van der Waals surface area contributed by atoms with Gasteiger partial charge in [-0.25, -0.2) is 9.67 Å². The molecular weight excluding hydrogens is 372 g/mol. The average molecular weight is 398 g/mol. The van der Waals surface area contributed by atoms with Crippen LogP contribution in [0.25, 0.3) is 11.0 Å². The third-order valence-corrected chi connectivity index (χ3v) is 4.48. The third kappa shape index (κ3) is 4.13. The normalized spacial score (nSPS) is 12.0. The first-order chi connectivity index (χ1) is 13.5. The van der Waals surface area contributed by atoms with E-state index in [1.165, 1.54) is 10.9 Å². The van der Waals surface area contributed by atoms with Gasteiger partial charge in [0.1, 0.15) is 6.54 Å². The molecule has 3 rings (SSSR count). The topological polar surface area (TPSA) is 115 Å². The molecule has 0 unspecified atom stereocenters. The third-order valence-electron chi connectivity index (χ3n) is 4.48. The summed E-state index contributed by atoms with van der Waals surface area (Å²) in [7, 11) is 0. The minimum Gasteiger partial charge on any atom is -0.480 e. The van der Waals surface area contributed by atoms with Crippen LogP contribution in [0, 0.1) is 6.92 Å². The monoisotopic (exact) mass is 398 g/mol. The van der Waals surface area contributed by atoms with Crippen molar-refractivity contribution in [2.45, 2.75) is 59.5 Å². The zero-order valence-electron chi connectivity index (χ0n) is 17.5. The summed E-state index contributed by atoms with van der Waals surface area (Å²) in [5.41, 5.74) is 2.37. The summed E-state index contributed by atoms with van der Waals surface area (Å²) in [6.07, 6.45) is 1.51. The Morgan fingerprint density at radius 1 is 1.24 bits per heavy atom. The summed E-state index contributed by atoms with van der Waals surface area (Å²) in [5, 5.41) is 21.1. The van der Waals surface area contributed by atoms with Crippen LogP contribution < -0.4 is 5.32 Å². The first-order valence-corrected chi connectivity index (χ1v) is 9.44. The van der Waals surface area contributed by atoms with Crippen LogP contribution in [0.5, 0.6) is 0 Å². The van der Waals surface area contributed by atoms with Crippen molar-refractivity contribution in [1.29, 1.82) is 0 Å². The number of aromatic nitrogens is 5. The van der Waals surface area contributed by atoms with Crippen LogP contribution in [0.4, 0.5) is 5.82 Å². The molecule has 3 aromatic heterocycles. The van der Waals surface area contributed by atoms with Gasteiger partial charge in [0.05, 0.1) is 22.2 Å². The molecule has 0 aliphatic rings. The summed E-state index contributed by atoms with van der Waals surface area (Å²) in [4.78, 5) is 28.7. The summed E-state index contributed by atoms with van der Waals surface area (Å²) >= 11 is 0. The summed E-state index contributed by atoms with van der Waals surface area (Å²) in [5.74, 6) is -0.928. The first-order valence-electron chi connectivity index (χ1n) is 9.44. The Morgan fingerprint density at radius 3 is 2.52 bits per heavy atom. The van der Waals surface area contributed by atoms with Crippen molar-refractivity contribution < 1.29 is 14.7 Å². The van der Waals surface area contributed by atoms with Gasteiger partial charge in [0, 0.05) is 18.0 Å². The lowest BCUT2D eigenvalue weighted by Gasteiger charge is -2.20. The fourth-order valence-corrected chi connectivity index (χ4v) is 3.09. The largest absolute Gasteiger partial charge is 0.480 e. The van der Waals surface area contributed by atoms with Crippen LogP contribution in [0.15, 0.2) is 18.3 Å². The number of hydrogen-bond acceptors (Lipinski definition) is 5. The van der Waals surface area contributed by atoms with Gasteiger partial charge in [-0.15, -0.1) is 0 Å². The second kappa shape index (κ2) is 7.31. The Balaban J connectivity index is 2.07. The lowest BCUT2D eigenvalue weighted by atomic mass is 10.0. The van der Waals surface area contributed by atoms with E-state index in [0.29, 0.717) is 16.6 Å². The van der Waals surface area contributed by atoms with Gasteiger partial charge < -0.3 is 10.4 Å². The van der Waals surface area contributed by atoms with Crippen molar-refractivity contribution in [1.82, 2.24) is 24.5 Å². The SMILES string of the molecule is Cc1nn(C(C)(C)C)c2nc(C(C)C)cc(C(=O)Nc3ccn(CC(=O)O)n3)c12. The van der Waals surface area contributed by atoms with Gasteiger partial charge in [0.15, 0.2) is 11.5 Å². The lowest BCUT2D eigenvalue weighted by Crippen LogP contribution is -2.24. The minimum atomic E-state index is -1.01. The van der Waals surface area contributed by atoms with Crippen LogP contribution in [-0.2, 0) is 16.9 Å². The maximum absolute atomic E-state index is 13.1. The molecule has 0 saturated heterocycles. The lowest BCUT2D eigenvalue weighted by molar-refractivity contribution is -0.137. The molecule has 0 atom stereocenters. The van der Waals surface area contributed by atoms with Gasteiger partial charge in [0.25, 0.3) is 5.91 Å². The Labute approximate surface area is 168 Å². The van der Waals surface area contributed by atoms with E-state index in [0.717, 1.165) is 11.4 Å². The zero-order valence-corrected chi connectivity index (χ0v) is 17.5. The fraction of sp³-hybridized carbons (Fsp3) is 0.450. The molecule has 3 heterocycles. The molecule has 9 nitrogen and oxygen atoms in total. The molecule has 3 aromatic rings. The number of aliphatic carboxylic acids is 1. The second-order valence-electron chi connectivity index (χ2n) is 8.36. The van der Waals surface area contributed by atoms with Gasteiger partial charge in [-0.2, -0.15) is 10.2 Å². The van der Waals surface area contributed by atoms with Crippen LogP contribution in [0.3, 0.4) is 0 Å². The number of carbonyl (C=O) groups is 2. The molecule has 0 aliphatic heterocycles. The number of nitrogens with one attached hydrogen (secondary N) is 1. The maximum atomic E-state index is 13.1. The molecule has 2 N–H and O–H groups in total. The van der Waals surface area contributed by atoms with Gasteiger partial charge in [0.2, 0.25) is 0 Å². The Morgan fingerprint density at radius 2 is 1.93 bits per heavy atom. The highest BCUT2D eigenvalue weighted by atomic mass is 16.4. The van der Waals surface area contributed by atoms with Crippen molar-refractivity contribution >= 4 is 28.7 Å². The summed E-state index contributed by atoms with van der Waals surface area (Å²) in [6, 6.07) is 3.35. The highest BCUT2D eigenvalue weighted by Crippen LogP contribution is 2.29. The van der Waals surface area contributed by atoms with E-state index >= 15 is 0 Å². The summed E-state index contributed by atoms with van der Waals surface area (Å²) in [6.45, 7) is 11.7. The van der Waals surface area contributed by atoms with Gasteiger partial charge in [-0.1, -0.05) is 13.8 Å². The highest BCUT2D eigenvalue weighted by molar-refractivity contribution is 6.12. The van der Waals surface area contributed by atoms with Crippen LogP contribution in [0.1, 0.15) is 62.3 Å². The number of anilines is 1. The average Bonchev–Trinajstić information content (AvgIpc) is 3.17. The maximum Gasteiger partial charge on any atom is 0.325 e. The Kier molecular flexibility index (Phi) is 5.16. The van der Waals surface area contributed by atoms with E-state index in [2.05, 4.69) is 15.5 Å². The summed E-state index contributed by atoms with van der Waals surface area (Å²) < 4.78 is 3.10. The molecule has 0 radical (unpaired) electrons. The number of rotatable bonds is 5. The molecule has 29 heavy (non-hydrogen) atoms. The van der Waals surface area contributed by atoms with Gasteiger partial charge in [-0.3, -0.25) is 14.3 Å². The number of amides is 1. The second-order valence-corrected chi connectivity index (χ2v) is 8.36. The first kappa shape index (κ1) is 20.5. The van der Waals surface area contributed by atoms with Crippen LogP contribution >= 0.6 is 0 Å². The molecule has 0 aromatic carbocycles. The van der Waals surface area contributed by atoms with Gasteiger partial charge >= 0.3 is 5.97 Å². The molecule has 0 fully saturated rings. The van der Waals surface area contributed by atoms with E-state index in [4.69, 9.17) is 10.1 Å². The van der Waals surface area contributed by atoms with Crippen LogP contribution in [0.2, 0.25) is 0 Å². The van der Waals surface area contributed by atoms with Crippen molar-refractivity contribution in [3.63, 3.8) is 0 Å². The zero-order chi connectivity index (χ0) is 21.5. The van der Waals surface area contributed by atoms with E-state index in [-0.39, 0.29) is 29.7 Å². The number of fused-ring (bicyclic) bond motifs is 1. The molecule has 0 bridgehead atoms. The minimum absolute atomic E-state index is 0.129. The van der Waals surface area contributed by atoms with E-state index in [1.54, 1.807) is 12.1 Å². The number of hydrogen-bond donors (Lipinski definition) is 2. The molecule has 0 spiro atoms. The van der Waals surface area contributed by atoms with Crippen LogP contribution in [-0.4, -0.2) is 41.5 Å². The number of carbonyl (C=O) groups excluding carboxylic acids is 1. The number of nitrogens with zero attached hydrogens (tertiary/aromatic N) is 5. The number of pyridine rings is 1.